The van der Waals surface area contributed by atoms with Crippen molar-refractivity contribution in [3.8, 4) is 5.75 Å². The summed E-state index contributed by atoms with van der Waals surface area (Å²) in [4.78, 5) is 0. The second kappa shape index (κ2) is 7.69. The molecule has 0 aliphatic rings. The number of benzene rings is 1. The smallest absolute Gasteiger partial charge is 0.119 e. The molecule has 1 aromatic carbocycles. The zero-order valence-electron chi connectivity index (χ0n) is 10.0. The van der Waals surface area contributed by atoms with Crippen molar-refractivity contribution >= 4 is 15.9 Å². The Morgan fingerprint density at radius 1 is 1.31 bits per heavy atom. The van der Waals surface area contributed by atoms with Crippen molar-refractivity contribution in [2.45, 2.75) is 32.8 Å². The molecule has 0 radical (unpaired) electrons. The lowest BCUT2D eigenvalue weighted by Crippen LogP contribution is -2.29. The molecular weight excluding hydrogens is 266 g/mol. The van der Waals surface area contributed by atoms with Crippen LogP contribution in [0.2, 0.25) is 0 Å². The average Bonchev–Trinajstić information content (AvgIpc) is 2.28. The predicted octanol–water partition coefficient (Wildman–Crippen LogP) is 3.61. The molecule has 0 amide bonds. The predicted molar refractivity (Wildman–Crippen MR) is 72.0 cm³/mol. The molecule has 0 spiro atoms. The summed E-state index contributed by atoms with van der Waals surface area (Å²) in [6, 6.07) is 7.94. The Hall–Kier alpha value is -0.540. The molecule has 16 heavy (non-hydrogen) atoms. The minimum absolute atomic E-state index is 0.207. The van der Waals surface area contributed by atoms with E-state index >= 15 is 0 Å². The highest BCUT2D eigenvalue weighted by Gasteiger charge is 2.02. The number of nitrogens with one attached hydrogen (secondary N) is 1. The number of hydrogen-bond acceptors (Lipinski definition) is 2. The maximum atomic E-state index is 5.77. The summed E-state index contributed by atoms with van der Waals surface area (Å²) in [5.74, 6) is 0.924. The van der Waals surface area contributed by atoms with Crippen molar-refractivity contribution in [1.82, 2.24) is 5.32 Å². The lowest BCUT2D eigenvalue weighted by atomic mass is 10.3. The van der Waals surface area contributed by atoms with Gasteiger partial charge >= 0.3 is 0 Å². The van der Waals surface area contributed by atoms with Crippen molar-refractivity contribution in [2.75, 3.05) is 13.1 Å². The van der Waals surface area contributed by atoms with Gasteiger partial charge in [-0.25, -0.2) is 0 Å². The third-order valence-corrected chi connectivity index (χ3v) is 2.82. The largest absolute Gasteiger partial charge is 0.489 e. The highest BCUT2D eigenvalue weighted by Crippen LogP contribution is 2.16. The first-order valence-corrected chi connectivity index (χ1v) is 6.64. The third-order valence-electron chi connectivity index (χ3n) is 2.29. The Balaban J connectivity index is 2.23. The van der Waals surface area contributed by atoms with E-state index in [1.807, 2.05) is 24.3 Å². The normalized spacial score (nSPS) is 12.4. The summed E-state index contributed by atoms with van der Waals surface area (Å²) in [6.07, 6.45) is 2.66. The maximum absolute atomic E-state index is 5.77. The van der Waals surface area contributed by atoms with Gasteiger partial charge in [-0.05, 0) is 44.2 Å². The fourth-order valence-corrected chi connectivity index (χ4v) is 1.66. The first kappa shape index (κ1) is 13.5. The lowest BCUT2D eigenvalue weighted by molar-refractivity contribution is 0.217. The van der Waals surface area contributed by atoms with Crippen LogP contribution in [0, 0.1) is 0 Å². The van der Waals surface area contributed by atoms with Crippen LogP contribution in [0.5, 0.6) is 5.75 Å². The molecule has 1 aromatic rings. The molecule has 0 saturated carbocycles. The summed E-state index contributed by atoms with van der Waals surface area (Å²) in [7, 11) is 0. The highest BCUT2D eigenvalue weighted by molar-refractivity contribution is 9.10. The summed E-state index contributed by atoms with van der Waals surface area (Å²) in [6.45, 7) is 6.25. The molecule has 0 heterocycles. The number of ether oxygens (including phenoxy) is 1. The van der Waals surface area contributed by atoms with Crippen LogP contribution in [0.4, 0.5) is 0 Å². The molecule has 0 aliphatic heterocycles. The standard InChI is InChI=1S/C13H20BrNO/c1-3-4-9-15-10-11(2)16-13-7-5-12(14)6-8-13/h5-8,11,15H,3-4,9-10H2,1-2H3. The number of rotatable bonds is 7. The topological polar surface area (TPSA) is 21.3 Å². The molecule has 2 nitrogen and oxygen atoms in total. The number of hydrogen-bond donors (Lipinski definition) is 1. The first-order valence-electron chi connectivity index (χ1n) is 5.85. The van der Waals surface area contributed by atoms with Crippen molar-refractivity contribution in [3.05, 3.63) is 28.7 Å². The first-order chi connectivity index (χ1) is 7.72. The molecular formula is C13H20BrNO. The van der Waals surface area contributed by atoms with E-state index in [9.17, 15) is 0 Å². The van der Waals surface area contributed by atoms with Crippen LogP contribution >= 0.6 is 15.9 Å². The zero-order chi connectivity index (χ0) is 11.8. The number of unbranched alkanes of at least 4 members (excludes halogenated alkanes) is 1. The molecule has 0 fully saturated rings. The van der Waals surface area contributed by atoms with Gasteiger partial charge in [-0.15, -0.1) is 0 Å². The van der Waals surface area contributed by atoms with Crippen LogP contribution in [0.1, 0.15) is 26.7 Å². The molecule has 90 valence electrons. The fourth-order valence-electron chi connectivity index (χ4n) is 1.39. The molecule has 0 saturated heterocycles. The van der Waals surface area contributed by atoms with Gasteiger partial charge in [-0.2, -0.15) is 0 Å². The van der Waals surface area contributed by atoms with E-state index in [-0.39, 0.29) is 6.10 Å². The second-order valence-electron chi connectivity index (χ2n) is 3.94. The lowest BCUT2D eigenvalue weighted by Gasteiger charge is -2.15. The van der Waals surface area contributed by atoms with Gasteiger partial charge in [-0.1, -0.05) is 29.3 Å². The van der Waals surface area contributed by atoms with E-state index in [1.165, 1.54) is 12.8 Å². The van der Waals surface area contributed by atoms with Crippen molar-refractivity contribution in [1.29, 1.82) is 0 Å². The summed E-state index contributed by atoms with van der Waals surface area (Å²) in [5, 5.41) is 3.38. The van der Waals surface area contributed by atoms with Crippen LogP contribution in [0.15, 0.2) is 28.7 Å². The van der Waals surface area contributed by atoms with Crippen molar-refractivity contribution in [2.24, 2.45) is 0 Å². The SMILES string of the molecule is CCCCNCC(C)Oc1ccc(Br)cc1. The summed E-state index contributed by atoms with van der Waals surface area (Å²) in [5.41, 5.74) is 0. The van der Waals surface area contributed by atoms with Gasteiger partial charge < -0.3 is 10.1 Å². The monoisotopic (exact) mass is 285 g/mol. The molecule has 0 bridgehead atoms. The van der Waals surface area contributed by atoms with E-state index in [2.05, 4.69) is 35.1 Å². The molecule has 3 heteroatoms. The quantitative estimate of drug-likeness (QED) is 0.773. The zero-order valence-corrected chi connectivity index (χ0v) is 11.6. The van der Waals surface area contributed by atoms with Crippen molar-refractivity contribution < 1.29 is 4.74 Å². The highest BCUT2D eigenvalue weighted by atomic mass is 79.9. The van der Waals surface area contributed by atoms with Crippen LogP contribution in [0.3, 0.4) is 0 Å². The van der Waals surface area contributed by atoms with Gasteiger partial charge in [0.1, 0.15) is 11.9 Å². The van der Waals surface area contributed by atoms with Crippen LogP contribution in [0.25, 0.3) is 0 Å². The Morgan fingerprint density at radius 3 is 2.62 bits per heavy atom. The average molecular weight is 286 g/mol. The Morgan fingerprint density at radius 2 is 2.00 bits per heavy atom. The molecule has 0 aromatic heterocycles. The third kappa shape index (κ3) is 5.52. The Kier molecular flexibility index (Phi) is 6.50. The van der Waals surface area contributed by atoms with E-state index in [1.54, 1.807) is 0 Å². The Labute approximate surface area is 107 Å². The van der Waals surface area contributed by atoms with Crippen LogP contribution in [-0.4, -0.2) is 19.2 Å². The van der Waals surface area contributed by atoms with Gasteiger partial charge in [0.2, 0.25) is 0 Å². The molecule has 1 rings (SSSR count). The fraction of sp³-hybridized carbons (Fsp3) is 0.538. The van der Waals surface area contributed by atoms with Gasteiger partial charge in [0.05, 0.1) is 0 Å². The molecule has 1 N–H and O–H groups in total. The molecule has 1 atom stereocenters. The van der Waals surface area contributed by atoms with Crippen molar-refractivity contribution in [3.63, 3.8) is 0 Å². The summed E-state index contributed by atoms with van der Waals surface area (Å²) >= 11 is 3.40. The van der Waals surface area contributed by atoms with E-state index in [4.69, 9.17) is 4.74 Å². The van der Waals surface area contributed by atoms with Gasteiger partial charge in [0.25, 0.3) is 0 Å². The Bertz CT molecular complexity index is 286. The minimum Gasteiger partial charge on any atom is -0.489 e. The van der Waals surface area contributed by atoms with E-state index < -0.39 is 0 Å². The minimum atomic E-state index is 0.207. The van der Waals surface area contributed by atoms with E-state index in [0.717, 1.165) is 23.3 Å². The van der Waals surface area contributed by atoms with Gasteiger partial charge in [0.15, 0.2) is 0 Å². The van der Waals surface area contributed by atoms with Crippen LogP contribution in [-0.2, 0) is 0 Å². The van der Waals surface area contributed by atoms with E-state index in [0.29, 0.717) is 0 Å². The van der Waals surface area contributed by atoms with Gasteiger partial charge in [-0.3, -0.25) is 0 Å². The second-order valence-corrected chi connectivity index (χ2v) is 4.86. The van der Waals surface area contributed by atoms with Gasteiger partial charge in [0, 0.05) is 11.0 Å². The molecule has 0 aliphatic carbocycles. The maximum Gasteiger partial charge on any atom is 0.119 e. The summed E-state index contributed by atoms with van der Waals surface area (Å²) < 4.78 is 6.84. The molecule has 1 unspecified atom stereocenters. The van der Waals surface area contributed by atoms with Crippen LogP contribution < -0.4 is 10.1 Å². The number of halogens is 1.